The average molecular weight is 207 g/mol. The highest BCUT2D eigenvalue weighted by molar-refractivity contribution is 8.13. The van der Waals surface area contributed by atoms with Crippen molar-refractivity contribution in [1.29, 1.82) is 0 Å². The van der Waals surface area contributed by atoms with Crippen LogP contribution < -0.4 is 5.73 Å². The first-order valence-electron chi connectivity index (χ1n) is 4.34. The van der Waals surface area contributed by atoms with Crippen LogP contribution in [0, 0.1) is 0 Å². The fraction of sp³-hybridized carbons (Fsp3) is 0.182. The molecule has 0 unspecified atom stereocenters. The Hall–Kier alpha value is -1.22. The molecule has 1 rings (SSSR count). The fourth-order valence-corrected chi connectivity index (χ4v) is 1.38. The van der Waals surface area contributed by atoms with Gasteiger partial charge in [0.05, 0.1) is 0 Å². The number of rotatable bonds is 3. The fourth-order valence-electron chi connectivity index (χ4n) is 0.957. The second kappa shape index (κ2) is 5.50. The van der Waals surface area contributed by atoms with Gasteiger partial charge in [-0.05, 0) is 17.7 Å². The molecule has 2 nitrogen and oxygen atoms in total. The molecule has 0 aliphatic carbocycles. The second-order valence-corrected chi connectivity index (χ2v) is 4.07. The summed E-state index contributed by atoms with van der Waals surface area (Å²) in [4.78, 5) is 10.6. The minimum absolute atomic E-state index is 0.145. The van der Waals surface area contributed by atoms with Crippen LogP contribution in [0.15, 0.2) is 30.3 Å². The Morgan fingerprint density at radius 1 is 1.43 bits per heavy atom. The Balaban J connectivity index is 2.44. The van der Waals surface area contributed by atoms with E-state index in [0.717, 1.165) is 17.0 Å². The molecular weight excluding hydrogens is 194 g/mol. The van der Waals surface area contributed by atoms with Crippen molar-refractivity contribution in [2.75, 3.05) is 11.5 Å². The lowest BCUT2D eigenvalue weighted by molar-refractivity contribution is -0.109. The maximum atomic E-state index is 10.6. The Kier molecular flexibility index (Phi) is 4.26. The van der Waals surface area contributed by atoms with Gasteiger partial charge in [0, 0.05) is 18.4 Å². The van der Waals surface area contributed by atoms with E-state index in [4.69, 9.17) is 5.73 Å². The SMILES string of the molecule is CC(=O)SCC=Cc1ccc(N)cc1. The Labute approximate surface area is 88.2 Å². The smallest absolute Gasteiger partial charge is 0.186 e. The van der Waals surface area contributed by atoms with E-state index in [-0.39, 0.29) is 5.12 Å². The van der Waals surface area contributed by atoms with Crippen molar-refractivity contribution in [1.82, 2.24) is 0 Å². The maximum absolute atomic E-state index is 10.6. The average Bonchev–Trinajstić information content (AvgIpc) is 2.15. The zero-order chi connectivity index (χ0) is 10.4. The molecule has 0 aromatic heterocycles. The summed E-state index contributed by atoms with van der Waals surface area (Å²) in [6, 6.07) is 7.62. The highest BCUT2D eigenvalue weighted by Gasteiger charge is 1.89. The highest BCUT2D eigenvalue weighted by Crippen LogP contribution is 2.08. The zero-order valence-electron chi connectivity index (χ0n) is 8.07. The molecule has 14 heavy (non-hydrogen) atoms. The first-order valence-corrected chi connectivity index (χ1v) is 5.32. The molecule has 0 radical (unpaired) electrons. The van der Waals surface area contributed by atoms with Crippen molar-refractivity contribution in [2.24, 2.45) is 0 Å². The van der Waals surface area contributed by atoms with Gasteiger partial charge in [-0.2, -0.15) is 0 Å². The third-order valence-corrected chi connectivity index (χ3v) is 2.40. The summed E-state index contributed by atoms with van der Waals surface area (Å²) < 4.78 is 0. The van der Waals surface area contributed by atoms with E-state index >= 15 is 0 Å². The van der Waals surface area contributed by atoms with Gasteiger partial charge in [0.25, 0.3) is 0 Å². The molecule has 0 fully saturated rings. The summed E-state index contributed by atoms with van der Waals surface area (Å²) >= 11 is 1.30. The van der Waals surface area contributed by atoms with Gasteiger partial charge >= 0.3 is 0 Å². The number of carbonyl (C=O) groups is 1. The third-order valence-electron chi connectivity index (χ3n) is 1.63. The van der Waals surface area contributed by atoms with E-state index in [9.17, 15) is 4.79 Å². The molecule has 3 heteroatoms. The van der Waals surface area contributed by atoms with Gasteiger partial charge in [-0.25, -0.2) is 0 Å². The van der Waals surface area contributed by atoms with E-state index < -0.39 is 0 Å². The second-order valence-electron chi connectivity index (χ2n) is 2.87. The molecule has 74 valence electrons. The van der Waals surface area contributed by atoms with Crippen LogP contribution in [0.25, 0.3) is 6.08 Å². The Morgan fingerprint density at radius 3 is 2.64 bits per heavy atom. The normalized spacial score (nSPS) is 10.6. The lowest BCUT2D eigenvalue weighted by Crippen LogP contribution is -1.83. The molecule has 0 bridgehead atoms. The molecular formula is C11H13NOS. The largest absolute Gasteiger partial charge is 0.399 e. The number of carbonyl (C=O) groups excluding carboxylic acids is 1. The molecule has 1 aromatic carbocycles. The van der Waals surface area contributed by atoms with Crippen molar-refractivity contribution in [3.8, 4) is 0 Å². The number of benzene rings is 1. The molecule has 0 spiro atoms. The van der Waals surface area contributed by atoms with Crippen molar-refractivity contribution >= 4 is 28.6 Å². The van der Waals surface area contributed by atoms with Gasteiger partial charge in [0.2, 0.25) is 0 Å². The zero-order valence-corrected chi connectivity index (χ0v) is 8.88. The molecule has 0 saturated heterocycles. The molecule has 0 amide bonds. The molecule has 0 saturated carbocycles. The quantitative estimate of drug-likeness (QED) is 0.775. The third kappa shape index (κ3) is 4.14. The summed E-state index contributed by atoms with van der Waals surface area (Å²) in [6.07, 6.45) is 3.95. The topological polar surface area (TPSA) is 43.1 Å². The Morgan fingerprint density at radius 2 is 2.07 bits per heavy atom. The van der Waals surface area contributed by atoms with Crippen LogP contribution in [0.3, 0.4) is 0 Å². The Bertz CT molecular complexity index is 330. The van der Waals surface area contributed by atoms with Crippen molar-refractivity contribution in [3.05, 3.63) is 35.9 Å². The summed E-state index contributed by atoms with van der Waals surface area (Å²) in [5, 5.41) is 0.145. The van der Waals surface area contributed by atoms with Crippen LogP contribution in [0.1, 0.15) is 12.5 Å². The molecule has 0 aliphatic rings. The number of nitrogens with two attached hydrogens (primary N) is 1. The minimum Gasteiger partial charge on any atom is -0.399 e. The van der Waals surface area contributed by atoms with E-state index in [2.05, 4.69) is 0 Å². The van der Waals surface area contributed by atoms with Crippen molar-refractivity contribution in [3.63, 3.8) is 0 Å². The summed E-state index contributed by atoms with van der Waals surface area (Å²) in [5.41, 5.74) is 7.41. The minimum atomic E-state index is 0.145. The predicted octanol–water partition coefficient (Wildman–Crippen LogP) is 2.56. The van der Waals surface area contributed by atoms with Gasteiger partial charge in [-0.1, -0.05) is 36.0 Å². The summed E-state index contributed by atoms with van der Waals surface area (Å²) in [6.45, 7) is 1.57. The number of hydrogen-bond acceptors (Lipinski definition) is 3. The number of nitrogen functional groups attached to an aromatic ring is 1. The number of anilines is 1. The first-order chi connectivity index (χ1) is 6.68. The van der Waals surface area contributed by atoms with Crippen LogP contribution in [0.2, 0.25) is 0 Å². The van der Waals surface area contributed by atoms with Gasteiger partial charge < -0.3 is 5.73 Å². The van der Waals surface area contributed by atoms with Crippen LogP contribution in [0.4, 0.5) is 5.69 Å². The lowest BCUT2D eigenvalue weighted by Gasteiger charge is -1.94. The van der Waals surface area contributed by atoms with E-state index in [1.807, 2.05) is 36.4 Å². The van der Waals surface area contributed by atoms with E-state index in [0.29, 0.717) is 0 Å². The van der Waals surface area contributed by atoms with Crippen molar-refractivity contribution < 1.29 is 4.79 Å². The van der Waals surface area contributed by atoms with Crippen LogP contribution >= 0.6 is 11.8 Å². The van der Waals surface area contributed by atoms with Crippen LogP contribution in [-0.4, -0.2) is 10.9 Å². The van der Waals surface area contributed by atoms with E-state index in [1.54, 1.807) is 6.92 Å². The standard InChI is InChI=1S/C11H13NOS/c1-9(13)14-8-2-3-10-4-6-11(12)7-5-10/h2-7H,8,12H2,1H3. The number of thioether (sulfide) groups is 1. The van der Waals surface area contributed by atoms with Crippen LogP contribution in [-0.2, 0) is 4.79 Å². The van der Waals surface area contributed by atoms with E-state index in [1.165, 1.54) is 11.8 Å². The molecule has 2 N–H and O–H groups in total. The molecule has 1 aromatic rings. The highest BCUT2D eigenvalue weighted by atomic mass is 32.2. The summed E-state index contributed by atoms with van der Waals surface area (Å²) in [7, 11) is 0. The van der Waals surface area contributed by atoms with Gasteiger partial charge in [-0.3, -0.25) is 4.79 Å². The van der Waals surface area contributed by atoms with Crippen LogP contribution in [0.5, 0.6) is 0 Å². The molecule has 0 aliphatic heterocycles. The first kappa shape index (κ1) is 10.9. The van der Waals surface area contributed by atoms with Gasteiger partial charge in [0.15, 0.2) is 5.12 Å². The van der Waals surface area contributed by atoms with Gasteiger partial charge in [0.1, 0.15) is 0 Å². The predicted molar refractivity (Wildman–Crippen MR) is 63.0 cm³/mol. The molecule has 0 atom stereocenters. The maximum Gasteiger partial charge on any atom is 0.186 e. The lowest BCUT2D eigenvalue weighted by atomic mass is 10.2. The molecule has 0 heterocycles. The van der Waals surface area contributed by atoms with Crippen molar-refractivity contribution in [2.45, 2.75) is 6.92 Å². The van der Waals surface area contributed by atoms with Gasteiger partial charge in [-0.15, -0.1) is 0 Å². The monoisotopic (exact) mass is 207 g/mol. The number of hydrogen-bond donors (Lipinski definition) is 1. The summed E-state index contributed by atoms with van der Waals surface area (Å²) in [5.74, 6) is 0.722.